The fourth-order valence-corrected chi connectivity index (χ4v) is 6.88. The average molecular weight is 505 g/mol. The Kier molecular flexibility index (Phi) is 7.77. The van der Waals surface area contributed by atoms with E-state index >= 15 is 0 Å². The van der Waals surface area contributed by atoms with Crippen LogP contribution < -0.4 is 4.74 Å². The molecule has 1 unspecified atom stereocenters. The largest absolute Gasteiger partial charge is 0.497 e. The Morgan fingerprint density at radius 2 is 1.80 bits per heavy atom. The molecule has 1 atom stereocenters. The Bertz CT molecular complexity index is 1130. The maximum Gasteiger partial charge on any atom is 0.244 e. The van der Waals surface area contributed by atoms with Crippen molar-refractivity contribution in [3.8, 4) is 5.75 Å². The van der Waals surface area contributed by atoms with Crippen LogP contribution in [0.5, 0.6) is 5.75 Å². The third-order valence-corrected chi connectivity index (χ3v) is 8.89. The van der Waals surface area contributed by atoms with Gasteiger partial charge >= 0.3 is 0 Å². The topological polar surface area (TPSA) is 101 Å². The van der Waals surface area contributed by atoms with Crippen LogP contribution in [0.3, 0.4) is 0 Å². The molecule has 11 heteroatoms. The minimum atomic E-state index is -3.63. The maximum atomic E-state index is 13.1. The zero-order chi connectivity index (χ0) is 25.2. The highest BCUT2D eigenvalue weighted by atomic mass is 32.2. The molecular formula is C24H36N6O4S. The number of aryl methyl sites for hydroxylation is 2. The molecule has 1 amide bonds. The van der Waals surface area contributed by atoms with Gasteiger partial charge in [-0.25, -0.2) is 13.1 Å². The van der Waals surface area contributed by atoms with Gasteiger partial charge in [0, 0.05) is 45.8 Å². The molecule has 2 aliphatic heterocycles. The number of rotatable bonds is 8. The monoisotopic (exact) mass is 504 g/mol. The molecule has 2 aliphatic rings. The molecule has 1 aromatic carbocycles. The van der Waals surface area contributed by atoms with Crippen LogP contribution in [0.2, 0.25) is 0 Å². The Labute approximate surface area is 207 Å². The van der Waals surface area contributed by atoms with Gasteiger partial charge in [-0.1, -0.05) is 5.21 Å². The number of piperazine rings is 1. The van der Waals surface area contributed by atoms with E-state index < -0.39 is 9.84 Å². The molecule has 2 aromatic rings. The van der Waals surface area contributed by atoms with Crippen molar-refractivity contribution in [3.05, 3.63) is 35.2 Å². The summed E-state index contributed by atoms with van der Waals surface area (Å²) in [6.07, 6.45) is 2.57. The van der Waals surface area contributed by atoms with Crippen LogP contribution in [-0.4, -0.2) is 104 Å². The van der Waals surface area contributed by atoms with Crippen LogP contribution in [0.25, 0.3) is 0 Å². The number of benzene rings is 1. The molecule has 2 fully saturated rings. The number of likely N-dealkylation sites (N-methyl/N-ethyl adjacent to an activating group) is 1. The first-order chi connectivity index (χ1) is 16.6. The van der Waals surface area contributed by atoms with E-state index in [0.717, 1.165) is 52.2 Å². The minimum Gasteiger partial charge on any atom is -0.497 e. The number of carbonyl (C=O) groups excluding carboxylic acids is 1. The molecule has 3 heterocycles. The van der Waals surface area contributed by atoms with Gasteiger partial charge in [0.05, 0.1) is 23.9 Å². The summed E-state index contributed by atoms with van der Waals surface area (Å²) in [6.45, 7) is 10.5. The van der Waals surface area contributed by atoms with Crippen LogP contribution in [0.1, 0.15) is 23.2 Å². The summed E-state index contributed by atoms with van der Waals surface area (Å²) in [7, 11) is 0.0759. The van der Waals surface area contributed by atoms with Gasteiger partial charge in [-0.2, -0.15) is 0 Å². The van der Waals surface area contributed by atoms with E-state index in [-0.39, 0.29) is 23.1 Å². The fraction of sp³-hybridized carbons (Fsp3) is 0.625. The number of amides is 1. The van der Waals surface area contributed by atoms with Crippen molar-refractivity contribution in [1.29, 1.82) is 0 Å². The smallest absolute Gasteiger partial charge is 0.244 e. The van der Waals surface area contributed by atoms with Gasteiger partial charge in [-0.3, -0.25) is 4.79 Å². The van der Waals surface area contributed by atoms with Gasteiger partial charge in [-0.15, -0.1) is 5.10 Å². The van der Waals surface area contributed by atoms with Crippen LogP contribution >= 0.6 is 0 Å². The first-order valence-electron chi connectivity index (χ1n) is 12.1. The van der Waals surface area contributed by atoms with Crippen molar-refractivity contribution in [2.45, 2.75) is 37.5 Å². The van der Waals surface area contributed by atoms with Gasteiger partial charge in [0.1, 0.15) is 18.0 Å². The van der Waals surface area contributed by atoms with Crippen LogP contribution in [-0.2, 0) is 26.9 Å². The molecule has 0 spiro atoms. The van der Waals surface area contributed by atoms with Crippen molar-refractivity contribution < 1.29 is 17.9 Å². The van der Waals surface area contributed by atoms with Crippen LogP contribution in [0.15, 0.2) is 23.2 Å². The highest BCUT2D eigenvalue weighted by Crippen LogP contribution is 2.28. The number of ether oxygens (including phenoxy) is 1. The second kappa shape index (κ2) is 10.6. The fourth-order valence-electron chi connectivity index (χ4n) is 5.11. The summed E-state index contributed by atoms with van der Waals surface area (Å²) in [4.78, 5) is 19.9. The highest BCUT2D eigenvalue weighted by molar-refractivity contribution is 7.90. The lowest BCUT2D eigenvalue weighted by molar-refractivity contribution is -0.131. The molecule has 0 saturated carbocycles. The molecule has 35 heavy (non-hydrogen) atoms. The zero-order valence-corrected chi connectivity index (χ0v) is 21.9. The van der Waals surface area contributed by atoms with Gasteiger partial charge in [0.15, 0.2) is 9.84 Å². The number of carbonyl (C=O) groups is 1. The van der Waals surface area contributed by atoms with Gasteiger partial charge in [-0.05, 0) is 56.5 Å². The second-order valence-electron chi connectivity index (χ2n) is 9.86. The number of sulfone groups is 1. The molecule has 192 valence electrons. The molecule has 0 bridgehead atoms. The van der Waals surface area contributed by atoms with Crippen LogP contribution in [0, 0.1) is 19.8 Å². The lowest BCUT2D eigenvalue weighted by atomic mass is 10.1. The summed E-state index contributed by atoms with van der Waals surface area (Å²) >= 11 is 0. The van der Waals surface area contributed by atoms with E-state index in [4.69, 9.17) is 4.74 Å². The standard InChI is InChI=1S/C24H36N6O4S/c1-18-11-22(34-4)12-19(2)24(18)35(32,33)17-21-15-30(26-25-21)16-23(31)29-6-5-20(14-29)13-28-9-7-27(3)8-10-28/h11-12,15,20H,5-10,13-14,16-17H2,1-4H3. The third-order valence-electron chi connectivity index (χ3n) is 6.95. The van der Waals surface area contributed by atoms with E-state index in [1.54, 1.807) is 39.3 Å². The van der Waals surface area contributed by atoms with Crippen molar-refractivity contribution >= 4 is 15.7 Å². The minimum absolute atomic E-state index is 0.00738. The van der Waals surface area contributed by atoms with Crippen molar-refractivity contribution in [3.63, 3.8) is 0 Å². The summed E-state index contributed by atoms with van der Waals surface area (Å²) in [5.74, 6) is 0.837. The van der Waals surface area contributed by atoms with Crippen molar-refractivity contribution in [1.82, 2.24) is 29.7 Å². The Morgan fingerprint density at radius 3 is 2.46 bits per heavy atom. The number of methoxy groups -OCH3 is 1. The van der Waals surface area contributed by atoms with E-state index in [2.05, 4.69) is 27.2 Å². The molecule has 4 rings (SSSR count). The summed E-state index contributed by atoms with van der Waals surface area (Å²) in [5.41, 5.74) is 1.58. The van der Waals surface area contributed by atoms with Gasteiger partial charge < -0.3 is 19.4 Å². The lowest BCUT2D eigenvalue weighted by Crippen LogP contribution is -2.46. The lowest BCUT2D eigenvalue weighted by Gasteiger charge is -2.33. The molecule has 0 aliphatic carbocycles. The van der Waals surface area contributed by atoms with Crippen molar-refractivity contribution in [2.24, 2.45) is 5.92 Å². The molecule has 10 nitrogen and oxygen atoms in total. The normalized spacial score (nSPS) is 19.9. The quantitative estimate of drug-likeness (QED) is 0.524. The number of likely N-dealkylation sites (tertiary alicyclic amines) is 1. The predicted octanol–water partition coefficient (Wildman–Crippen LogP) is 0.973. The van der Waals surface area contributed by atoms with E-state index in [1.165, 1.54) is 4.68 Å². The maximum absolute atomic E-state index is 13.1. The first kappa shape index (κ1) is 25.6. The Balaban J connectivity index is 1.32. The number of hydrogen-bond donors (Lipinski definition) is 0. The summed E-state index contributed by atoms with van der Waals surface area (Å²) < 4.78 is 32.9. The molecule has 2 saturated heterocycles. The third kappa shape index (κ3) is 6.20. The summed E-state index contributed by atoms with van der Waals surface area (Å²) in [6, 6.07) is 3.42. The molecule has 0 N–H and O–H groups in total. The highest BCUT2D eigenvalue weighted by Gasteiger charge is 2.29. The Hall–Kier alpha value is -2.50. The number of hydrogen-bond acceptors (Lipinski definition) is 8. The average Bonchev–Trinajstić information content (AvgIpc) is 3.43. The molecule has 1 aromatic heterocycles. The zero-order valence-electron chi connectivity index (χ0n) is 21.1. The second-order valence-corrected chi connectivity index (χ2v) is 11.8. The van der Waals surface area contributed by atoms with Gasteiger partial charge in [0.2, 0.25) is 5.91 Å². The van der Waals surface area contributed by atoms with E-state index in [0.29, 0.717) is 28.5 Å². The first-order valence-corrected chi connectivity index (χ1v) is 13.8. The SMILES string of the molecule is COc1cc(C)c(S(=O)(=O)Cc2cn(CC(=O)N3CCC(CN4CCN(C)CC4)C3)nn2)c(C)c1. The predicted molar refractivity (Wildman–Crippen MR) is 132 cm³/mol. The Morgan fingerprint density at radius 1 is 1.11 bits per heavy atom. The number of nitrogens with zero attached hydrogens (tertiary/aromatic N) is 6. The van der Waals surface area contributed by atoms with E-state index in [9.17, 15) is 13.2 Å². The van der Waals surface area contributed by atoms with Crippen LogP contribution in [0.4, 0.5) is 0 Å². The van der Waals surface area contributed by atoms with E-state index in [1.807, 2.05) is 4.90 Å². The van der Waals surface area contributed by atoms with Gasteiger partial charge in [0.25, 0.3) is 0 Å². The number of aromatic nitrogens is 3. The summed E-state index contributed by atoms with van der Waals surface area (Å²) in [5, 5.41) is 8.04. The molecular weight excluding hydrogens is 468 g/mol. The molecule has 0 radical (unpaired) electrons. The van der Waals surface area contributed by atoms with Crippen molar-refractivity contribution in [2.75, 3.05) is 60.0 Å².